The molecular weight excluding hydrogens is 294 g/mol. The van der Waals surface area contributed by atoms with Crippen molar-refractivity contribution in [1.29, 1.82) is 0 Å². The van der Waals surface area contributed by atoms with Crippen molar-refractivity contribution in [3.63, 3.8) is 0 Å². The number of hydrogen-bond donors (Lipinski definition) is 2. The first-order valence-corrected chi connectivity index (χ1v) is 8.07. The summed E-state index contributed by atoms with van der Waals surface area (Å²) < 4.78 is 7.50. The molecule has 2 aromatic rings. The van der Waals surface area contributed by atoms with Gasteiger partial charge in [0.25, 0.3) is 5.91 Å². The summed E-state index contributed by atoms with van der Waals surface area (Å²) in [7, 11) is 0. The van der Waals surface area contributed by atoms with Gasteiger partial charge in [-0.2, -0.15) is 10.2 Å². The van der Waals surface area contributed by atoms with E-state index in [0.29, 0.717) is 18.8 Å². The third-order valence-electron chi connectivity index (χ3n) is 4.05. The first kappa shape index (κ1) is 15.7. The van der Waals surface area contributed by atoms with Crippen molar-refractivity contribution < 1.29 is 9.53 Å². The predicted molar refractivity (Wildman–Crippen MR) is 85.3 cm³/mol. The number of amides is 1. The highest BCUT2D eigenvalue weighted by atomic mass is 16.5. The zero-order valence-electron chi connectivity index (χ0n) is 13.6. The summed E-state index contributed by atoms with van der Waals surface area (Å²) in [6.07, 6.45) is 3.40. The first-order chi connectivity index (χ1) is 11.1. The van der Waals surface area contributed by atoms with E-state index in [2.05, 4.69) is 20.6 Å². The number of carbonyl (C=O) groups is 1. The minimum Gasteiger partial charge on any atom is -0.376 e. The topological polar surface area (TPSA) is 84.8 Å². The molecule has 1 atom stereocenters. The average molecular weight is 317 g/mol. The fourth-order valence-corrected chi connectivity index (χ4v) is 2.82. The number of aryl methyl sites for hydroxylation is 2. The molecule has 0 aromatic carbocycles. The summed E-state index contributed by atoms with van der Waals surface area (Å²) >= 11 is 0. The van der Waals surface area contributed by atoms with E-state index in [1.165, 1.54) is 0 Å². The maximum absolute atomic E-state index is 12.2. The summed E-state index contributed by atoms with van der Waals surface area (Å²) in [4.78, 5) is 12.2. The standard InChI is InChI=1S/C16H23N5O2/c1-11-7-12(2)21(20-11)10-13-8-15(19-18-13)16(22)17-9-14-5-3-4-6-23-14/h7-8,14H,3-6,9-10H2,1-2H3,(H,17,22)(H,18,19)/t14-/m1/s1. The van der Waals surface area contributed by atoms with Crippen LogP contribution in [0.15, 0.2) is 12.1 Å². The second-order valence-corrected chi connectivity index (χ2v) is 6.06. The van der Waals surface area contributed by atoms with Crippen LogP contribution in [0.4, 0.5) is 0 Å². The van der Waals surface area contributed by atoms with Crippen LogP contribution in [0, 0.1) is 13.8 Å². The number of aromatic nitrogens is 4. The van der Waals surface area contributed by atoms with E-state index < -0.39 is 0 Å². The number of nitrogens with one attached hydrogen (secondary N) is 2. The van der Waals surface area contributed by atoms with E-state index in [1.54, 1.807) is 6.07 Å². The van der Waals surface area contributed by atoms with E-state index in [4.69, 9.17) is 4.74 Å². The molecule has 1 aliphatic heterocycles. The van der Waals surface area contributed by atoms with Crippen LogP contribution in [0.2, 0.25) is 0 Å². The highest BCUT2D eigenvalue weighted by Gasteiger charge is 2.17. The minimum absolute atomic E-state index is 0.126. The highest BCUT2D eigenvalue weighted by Crippen LogP contribution is 2.12. The molecule has 0 aliphatic carbocycles. The van der Waals surface area contributed by atoms with Gasteiger partial charge in [0.1, 0.15) is 5.69 Å². The highest BCUT2D eigenvalue weighted by molar-refractivity contribution is 5.92. The Labute approximate surface area is 135 Å². The third kappa shape index (κ3) is 3.98. The number of carbonyl (C=O) groups excluding carboxylic acids is 1. The molecular formula is C16H23N5O2. The molecule has 0 radical (unpaired) electrons. The Balaban J connectivity index is 1.55. The molecule has 1 aliphatic rings. The minimum atomic E-state index is -0.171. The van der Waals surface area contributed by atoms with Gasteiger partial charge in [-0.15, -0.1) is 0 Å². The van der Waals surface area contributed by atoms with E-state index in [9.17, 15) is 4.79 Å². The fraction of sp³-hybridized carbons (Fsp3) is 0.562. The molecule has 3 rings (SSSR count). The molecule has 0 bridgehead atoms. The van der Waals surface area contributed by atoms with Crippen LogP contribution in [0.25, 0.3) is 0 Å². The van der Waals surface area contributed by atoms with Crippen LogP contribution >= 0.6 is 0 Å². The van der Waals surface area contributed by atoms with E-state index in [1.807, 2.05) is 24.6 Å². The van der Waals surface area contributed by atoms with Crippen molar-refractivity contribution in [3.05, 3.63) is 34.9 Å². The Kier molecular flexibility index (Phi) is 4.76. The smallest absolute Gasteiger partial charge is 0.271 e. The lowest BCUT2D eigenvalue weighted by Crippen LogP contribution is -2.35. The van der Waals surface area contributed by atoms with Gasteiger partial charge in [0.15, 0.2) is 0 Å². The first-order valence-electron chi connectivity index (χ1n) is 8.07. The molecule has 1 fully saturated rings. The lowest BCUT2D eigenvalue weighted by atomic mass is 10.1. The lowest BCUT2D eigenvalue weighted by molar-refractivity contribution is 0.0168. The number of aromatic amines is 1. The van der Waals surface area contributed by atoms with E-state index >= 15 is 0 Å². The predicted octanol–water partition coefficient (Wildman–Crippen LogP) is 1.57. The van der Waals surface area contributed by atoms with Crippen molar-refractivity contribution in [2.75, 3.05) is 13.2 Å². The number of ether oxygens (including phenoxy) is 1. The van der Waals surface area contributed by atoms with Gasteiger partial charge in [-0.1, -0.05) is 0 Å². The van der Waals surface area contributed by atoms with Crippen LogP contribution in [-0.4, -0.2) is 45.1 Å². The van der Waals surface area contributed by atoms with Crippen LogP contribution in [0.5, 0.6) is 0 Å². The Bertz CT molecular complexity index is 670. The quantitative estimate of drug-likeness (QED) is 0.876. The molecule has 23 heavy (non-hydrogen) atoms. The van der Waals surface area contributed by atoms with Gasteiger partial charge in [0.05, 0.1) is 24.0 Å². The van der Waals surface area contributed by atoms with E-state index in [-0.39, 0.29) is 12.0 Å². The molecule has 124 valence electrons. The van der Waals surface area contributed by atoms with Crippen LogP contribution < -0.4 is 5.32 Å². The van der Waals surface area contributed by atoms with Gasteiger partial charge >= 0.3 is 0 Å². The number of hydrogen-bond acceptors (Lipinski definition) is 4. The summed E-state index contributed by atoms with van der Waals surface area (Å²) in [5, 5.41) is 14.3. The average Bonchev–Trinajstić information content (AvgIpc) is 3.13. The van der Waals surface area contributed by atoms with Crippen molar-refractivity contribution in [3.8, 4) is 0 Å². The molecule has 2 aromatic heterocycles. The molecule has 3 heterocycles. The maximum atomic E-state index is 12.2. The van der Waals surface area contributed by atoms with Gasteiger partial charge in [-0.25, -0.2) is 0 Å². The largest absolute Gasteiger partial charge is 0.376 e. The zero-order valence-corrected chi connectivity index (χ0v) is 13.6. The Morgan fingerprint density at radius 1 is 1.43 bits per heavy atom. The maximum Gasteiger partial charge on any atom is 0.271 e. The summed E-state index contributed by atoms with van der Waals surface area (Å²) in [6.45, 7) is 5.87. The van der Waals surface area contributed by atoms with Crippen molar-refractivity contribution in [2.24, 2.45) is 0 Å². The Morgan fingerprint density at radius 2 is 2.30 bits per heavy atom. The second kappa shape index (κ2) is 6.95. The molecule has 0 unspecified atom stereocenters. The second-order valence-electron chi connectivity index (χ2n) is 6.06. The number of rotatable bonds is 5. The van der Waals surface area contributed by atoms with Gasteiger partial charge in [-0.3, -0.25) is 14.6 Å². The molecule has 0 saturated carbocycles. The van der Waals surface area contributed by atoms with Gasteiger partial charge in [0.2, 0.25) is 0 Å². The van der Waals surface area contributed by atoms with Crippen LogP contribution in [-0.2, 0) is 11.3 Å². The normalized spacial score (nSPS) is 18.1. The van der Waals surface area contributed by atoms with Crippen LogP contribution in [0.3, 0.4) is 0 Å². The zero-order chi connectivity index (χ0) is 16.2. The van der Waals surface area contributed by atoms with Gasteiger partial charge < -0.3 is 10.1 Å². The summed E-state index contributed by atoms with van der Waals surface area (Å²) in [6, 6.07) is 3.79. The molecule has 2 N–H and O–H groups in total. The Morgan fingerprint density at radius 3 is 3.00 bits per heavy atom. The Hall–Kier alpha value is -2.15. The molecule has 7 heteroatoms. The van der Waals surface area contributed by atoms with Crippen LogP contribution in [0.1, 0.15) is 46.8 Å². The molecule has 1 saturated heterocycles. The molecule has 7 nitrogen and oxygen atoms in total. The monoisotopic (exact) mass is 317 g/mol. The molecule has 0 spiro atoms. The molecule has 1 amide bonds. The summed E-state index contributed by atoms with van der Waals surface area (Å²) in [5.41, 5.74) is 3.32. The third-order valence-corrected chi connectivity index (χ3v) is 4.05. The summed E-state index contributed by atoms with van der Waals surface area (Å²) in [5.74, 6) is -0.171. The van der Waals surface area contributed by atoms with Crippen molar-refractivity contribution >= 4 is 5.91 Å². The van der Waals surface area contributed by atoms with E-state index in [0.717, 1.165) is 43.0 Å². The van der Waals surface area contributed by atoms with Gasteiger partial charge in [0, 0.05) is 18.8 Å². The van der Waals surface area contributed by atoms with Gasteiger partial charge in [-0.05, 0) is 45.2 Å². The number of nitrogens with zero attached hydrogens (tertiary/aromatic N) is 3. The number of H-pyrrole nitrogens is 1. The SMILES string of the molecule is Cc1cc(C)n(Cc2cc(C(=O)NC[C@H]3CCCCO3)n[nH]2)n1. The van der Waals surface area contributed by atoms with Crippen molar-refractivity contribution in [2.45, 2.75) is 45.8 Å². The lowest BCUT2D eigenvalue weighted by Gasteiger charge is -2.22. The fourth-order valence-electron chi connectivity index (χ4n) is 2.82. The van der Waals surface area contributed by atoms with Crippen molar-refractivity contribution in [1.82, 2.24) is 25.3 Å².